The lowest BCUT2D eigenvalue weighted by Crippen LogP contribution is -2.45. The Bertz CT molecular complexity index is 424. The molecule has 0 saturated carbocycles. The van der Waals surface area contributed by atoms with E-state index < -0.39 is 35.7 Å². The molecule has 1 rings (SSSR count). The van der Waals surface area contributed by atoms with Gasteiger partial charge in [-0.2, -0.15) is 26.3 Å². The first-order valence-corrected chi connectivity index (χ1v) is 5.69. The van der Waals surface area contributed by atoms with Gasteiger partial charge in [-0.25, -0.2) is 4.39 Å². The van der Waals surface area contributed by atoms with Crippen molar-refractivity contribution in [2.24, 2.45) is 5.92 Å². The molecule has 0 amide bonds. The first-order chi connectivity index (χ1) is 9.07. The second-order valence-corrected chi connectivity index (χ2v) is 4.15. The van der Waals surface area contributed by atoms with Crippen molar-refractivity contribution < 1.29 is 30.7 Å². The summed E-state index contributed by atoms with van der Waals surface area (Å²) in [6, 6.07) is 1.62. The van der Waals surface area contributed by atoms with Crippen LogP contribution in [0.1, 0.15) is 18.5 Å². The normalized spacial score (nSPS) is 14.7. The highest BCUT2D eigenvalue weighted by Gasteiger charge is 2.60. The zero-order valence-electron chi connectivity index (χ0n) is 10.3. The molecule has 1 nitrogen and oxygen atoms in total. The minimum atomic E-state index is -5.49. The van der Waals surface area contributed by atoms with Gasteiger partial charge >= 0.3 is 12.4 Å². The largest absolute Gasteiger partial charge is 0.402 e. The predicted octanol–water partition coefficient (Wildman–Crippen LogP) is 4.22. The summed E-state index contributed by atoms with van der Waals surface area (Å²) in [6.07, 6.45) is -11.0. The van der Waals surface area contributed by atoms with Crippen LogP contribution in [-0.2, 0) is 0 Å². The molecule has 1 aromatic rings. The second kappa shape index (κ2) is 5.99. The molecule has 8 heteroatoms. The van der Waals surface area contributed by atoms with Gasteiger partial charge in [0, 0.05) is 0 Å². The van der Waals surface area contributed by atoms with Crippen LogP contribution in [0.15, 0.2) is 24.3 Å². The van der Waals surface area contributed by atoms with E-state index in [4.69, 9.17) is 0 Å². The molecule has 0 radical (unpaired) electrons. The molecule has 0 heterocycles. The standard InChI is InChI=1S/C12H12F7N/c1-2-20-9(7-4-3-5-8(13)6-7)10(11(14,15)16)12(17,18)19/h3-6,9-10,20H,2H2,1H3. The van der Waals surface area contributed by atoms with E-state index in [1.165, 1.54) is 6.92 Å². The molecule has 0 fully saturated rings. The maximum Gasteiger partial charge on any atom is 0.402 e. The van der Waals surface area contributed by atoms with Gasteiger partial charge in [0.2, 0.25) is 0 Å². The topological polar surface area (TPSA) is 12.0 Å². The molecular formula is C12H12F7N. The molecule has 114 valence electrons. The molecule has 0 aliphatic rings. The number of hydrogen-bond donors (Lipinski definition) is 1. The highest BCUT2D eigenvalue weighted by molar-refractivity contribution is 5.22. The Balaban J connectivity index is 3.29. The lowest BCUT2D eigenvalue weighted by Gasteiger charge is -2.31. The van der Waals surface area contributed by atoms with Crippen molar-refractivity contribution in [3.63, 3.8) is 0 Å². The van der Waals surface area contributed by atoms with E-state index in [1.807, 2.05) is 0 Å². The highest BCUT2D eigenvalue weighted by atomic mass is 19.4. The number of halogens is 7. The van der Waals surface area contributed by atoms with Crippen LogP contribution in [-0.4, -0.2) is 18.9 Å². The Morgan fingerprint density at radius 2 is 1.60 bits per heavy atom. The Hall–Kier alpha value is -1.31. The van der Waals surface area contributed by atoms with Crippen LogP contribution < -0.4 is 5.32 Å². The van der Waals surface area contributed by atoms with E-state index in [1.54, 1.807) is 0 Å². The van der Waals surface area contributed by atoms with Crippen molar-refractivity contribution >= 4 is 0 Å². The first-order valence-electron chi connectivity index (χ1n) is 5.69. The van der Waals surface area contributed by atoms with Gasteiger partial charge < -0.3 is 5.32 Å². The summed E-state index contributed by atoms with van der Waals surface area (Å²) < 4.78 is 89.4. The summed E-state index contributed by atoms with van der Waals surface area (Å²) in [5.41, 5.74) is -0.397. The number of benzene rings is 1. The van der Waals surface area contributed by atoms with Gasteiger partial charge in [0.05, 0.1) is 6.04 Å². The number of rotatable bonds is 4. The summed E-state index contributed by atoms with van der Waals surface area (Å²) in [7, 11) is 0. The van der Waals surface area contributed by atoms with E-state index in [-0.39, 0.29) is 6.54 Å². The Kier molecular flexibility index (Phi) is 5.01. The average Bonchev–Trinajstić information content (AvgIpc) is 2.24. The summed E-state index contributed by atoms with van der Waals surface area (Å²) in [5, 5.41) is 2.13. The van der Waals surface area contributed by atoms with Crippen molar-refractivity contribution in [2.75, 3.05) is 6.54 Å². The predicted molar refractivity (Wildman–Crippen MR) is 58.4 cm³/mol. The first kappa shape index (κ1) is 16.7. The van der Waals surface area contributed by atoms with Gasteiger partial charge in [-0.05, 0) is 24.2 Å². The third-order valence-corrected chi connectivity index (χ3v) is 2.67. The van der Waals surface area contributed by atoms with E-state index in [0.29, 0.717) is 6.07 Å². The van der Waals surface area contributed by atoms with Crippen molar-refractivity contribution in [1.29, 1.82) is 0 Å². The fraction of sp³-hybridized carbons (Fsp3) is 0.500. The van der Waals surface area contributed by atoms with Crippen LogP contribution >= 0.6 is 0 Å². The molecule has 0 aliphatic heterocycles. The monoisotopic (exact) mass is 303 g/mol. The molecule has 0 aliphatic carbocycles. The molecule has 1 unspecified atom stereocenters. The smallest absolute Gasteiger partial charge is 0.309 e. The van der Waals surface area contributed by atoms with Gasteiger partial charge in [-0.3, -0.25) is 0 Å². The minimum Gasteiger partial charge on any atom is -0.309 e. The van der Waals surface area contributed by atoms with Gasteiger partial charge in [-0.15, -0.1) is 0 Å². The average molecular weight is 303 g/mol. The van der Waals surface area contributed by atoms with Crippen LogP contribution in [0.3, 0.4) is 0 Å². The molecule has 0 bridgehead atoms. The maximum atomic E-state index is 13.0. The number of nitrogens with one attached hydrogen (secondary N) is 1. The van der Waals surface area contributed by atoms with Crippen molar-refractivity contribution in [1.82, 2.24) is 5.32 Å². The summed E-state index contributed by atoms with van der Waals surface area (Å²) in [5.74, 6) is -4.50. The lowest BCUT2D eigenvalue weighted by atomic mass is 9.91. The number of alkyl halides is 6. The van der Waals surface area contributed by atoms with Crippen LogP contribution in [0.25, 0.3) is 0 Å². The second-order valence-electron chi connectivity index (χ2n) is 4.15. The lowest BCUT2D eigenvalue weighted by molar-refractivity contribution is -0.292. The zero-order valence-corrected chi connectivity index (χ0v) is 10.3. The van der Waals surface area contributed by atoms with Gasteiger partial charge in [-0.1, -0.05) is 19.1 Å². The van der Waals surface area contributed by atoms with Crippen molar-refractivity contribution in [3.8, 4) is 0 Å². The van der Waals surface area contributed by atoms with Gasteiger partial charge in [0.1, 0.15) is 5.82 Å². The molecule has 1 N–H and O–H groups in total. The molecule has 1 aromatic carbocycles. The molecule has 1 atom stereocenters. The third-order valence-electron chi connectivity index (χ3n) is 2.67. The van der Waals surface area contributed by atoms with E-state index in [2.05, 4.69) is 5.32 Å². The summed E-state index contributed by atoms with van der Waals surface area (Å²) in [6.45, 7) is 1.25. The van der Waals surface area contributed by atoms with Crippen molar-refractivity contribution in [3.05, 3.63) is 35.6 Å². The molecule has 0 aromatic heterocycles. The van der Waals surface area contributed by atoms with Crippen LogP contribution in [0, 0.1) is 11.7 Å². The fourth-order valence-corrected chi connectivity index (χ4v) is 1.91. The fourth-order valence-electron chi connectivity index (χ4n) is 1.91. The number of hydrogen-bond acceptors (Lipinski definition) is 1. The van der Waals surface area contributed by atoms with E-state index >= 15 is 0 Å². The minimum absolute atomic E-state index is 0.121. The third kappa shape index (κ3) is 4.09. The zero-order chi connectivity index (χ0) is 15.6. The molecule has 0 spiro atoms. The summed E-state index contributed by atoms with van der Waals surface area (Å²) >= 11 is 0. The summed E-state index contributed by atoms with van der Waals surface area (Å²) in [4.78, 5) is 0. The highest BCUT2D eigenvalue weighted by Crippen LogP contribution is 2.46. The van der Waals surface area contributed by atoms with Gasteiger partial charge in [0.25, 0.3) is 0 Å². The quantitative estimate of drug-likeness (QED) is 0.821. The maximum absolute atomic E-state index is 13.0. The molecular weight excluding hydrogens is 291 g/mol. The van der Waals surface area contributed by atoms with Crippen LogP contribution in [0.4, 0.5) is 30.7 Å². The van der Waals surface area contributed by atoms with Crippen molar-refractivity contribution in [2.45, 2.75) is 25.3 Å². The van der Waals surface area contributed by atoms with E-state index in [0.717, 1.165) is 18.2 Å². The molecule has 0 saturated heterocycles. The van der Waals surface area contributed by atoms with Gasteiger partial charge in [0.15, 0.2) is 5.92 Å². The Morgan fingerprint density at radius 1 is 1.05 bits per heavy atom. The SMILES string of the molecule is CCNC(c1cccc(F)c1)C(C(F)(F)F)C(F)(F)F. The Labute approximate surface area is 110 Å². The van der Waals surface area contributed by atoms with Crippen LogP contribution in [0.2, 0.25) is 0 Å². The molecule has 20 heavy (non-hydrogen) atoms. The Morgan fingerprint density at radius 3 is 2.00 bits per heavy atom. The van der Waals surface area contributed by atoms with E-state index in [9.17, 15) is 30.7 Å². The van der Waals surface area contributed by atoms with Crippen LogP contribution in [0.5, 0.6) is 0 Å².